The molecule has 0 saturated heterocycles. The molecule has 0 radical (unpaired) electrons. The molecule has 0 aromatic heterocycles. The Morgan fingerprint density at radius 2 is 2.08 bits per heavy atom. The third-order valence-electron chi connectivity index (χ3n) is 8.26. The lowest BCUT2D eigenvalue weighted by Crippen LogP contribution is -2.54. The van der Waals surface area contributed by atoms with Crippen LogP contribution in [0.5, 0.6) is 0 Å². The fourth-order valence-corrected chi connectivity index (χ4v) is 7.05. The summed E-state index contributed by atoms with van der Waals surface area (Å²) in [5, 5.41) is 11.4. The molecular formula is C23H32O2. The van der Waals surface area contributed by atoms with E-state index < -0.39 is 5.60 Å². The smallest absolute Gasteiger partial charge is 0.155 e. The Bertz CT molecular complexity index is 665. The van der Waals surface area contributed by atoms with Crippen LogP contribution in [0.2, 0.25) is 0 Å². The van der Waals surface area contributed by atoms with Crippen molar-refractivity contribution in [3.05, 3.63) is 11.6 Å². The summed E-state index contributed by atoms with van der Waals surface area (Å²) in [4.78, 5) is 11.9. The lowest BCUT2D eigenvalue weighted by molar-refractivity contribution is -0.117. The van der Waals surface area contributed by atoms with Gasteiger partial charge in [-0.25, -0.2) is 0 Å². The van der Waals surface area contributed by atoms with Gasteiger partial charge in [0.05, 0.1) is 0 Å². The summed E-state index contributed by atoms with van der Waals surface area (Å²) >= 11 is 0. The first-order valence-corrected chi connectivity index (χ1v) is 10.4. The maximum atomic E-state index is 11.9. The second kappa shape index (κ2) is 5.98. The highest BCUT2D eigenvalue weighted by Gasteiger charge is 2.63. The lowest BCUT2D eigenvalue weighted by atomic mass is 9.48. The van der Waals surface area contributed by atoms with Crippen LogP contribution in [0.15, 0.2) is 11.6 Å². The predicted molar refractivity (Wildman–Crippen MR) is 99.7 cm³/mol. The van der Waals surface area contributed by atoms with Crippen LogP contribution in [0.25, 0.3) is 0 Å². The van der Waals surface area contributed by atoms with E-state index in [0.29, 0.717) is 35.4 Å². The minimum atomic E-state index is -0.795. The SMILES string of the molecule is CCC#CC1(O)CCC2C3C(CCC21C)C1CCC(=O)C=C1C[C@H]3C. The van der Waals surface area contributed by atoms with Gasteiger partial charge in [-0.3, -0.25) is 4.79 Å². The summed E-state index contributed by atoms with van der Waals surface area (Å²) in [6.45, 7) is 6.76. The molecular weight excluding hydrogens is 308 g/mol. The zero-order valence-electron chi connectivity index (χ0n) is 16.0. The number of allylic oxidation sites excluding steroid dienone is 1. The van der Waals surface area contributed by atoms with Crippen molar-refractivity contribution >= 4 is 5.78 Å². The van der Waals surface area contributed by atoms with Gasteiger partial charge in [0, 0.05) is 18.3 Å². The van der Waals surface area contributed by atoms with E-state index >= 15 is 0 Å². The Morgan fingerprint density at radius 1 is 1.28 bits per heavy atom. The third-order valence-corrected chi connectivity index (χ3v) is 8.26. The highest BCUT2D eigenvalue weighted by molar-refractivity contribution is 5.91. The van der Waals surface area contributed by atoms with E-state index in [-0.39, 0.29) is 5.41 Å². The zero-order valence-corrected chi connectivity index (χ0v) is 16.0. The number of rotatable bonds is 0. The lowest BCUT2D eigenvalue weighted by Gasteiger charge is -2.56. The van der Waals surface area contributed by atoms with Gasteiger partial charge < -0.3 is 5.11 Å². The van der Waals surface area contributed by atoms with Crippen LogP contribution in [0.1, 0.15) is 72.1 Å². The zero-order chi connectivity index (χ0) is 17.8. The van der Waals surface area contributed by atoms with Gasteiger partial charge in [0.2, 0.25) is 0 Å². The summed E-state index contributed by atoms with van der Waals surface area (Å²) in [5.41, 5.74) is 0.584. The van der Waals surface area contributed by atoms with Crippen molar-refractivity contribution < 1.29 is 9.90 Å². The minimum Gasteiger partial charge on any atom is -0.377 e. The second-order valence-electron chi connectivity index (χ2n) is 9.37. The summed E-state index contributed by atoms with van der Waals surface area (Å²) in [6.07, 6.45) is 9.89. The first-order valence-electron chi connectivity index (χ1n) is 10.4. The maximum absolute atomic E-state index is 11.9. The first kappa shape index (κ1) is 17.3. The quantitative estimate of drug-likeness (QED) is 0.658. The molecule has 6 unspecified atom stereocenters. The van der Waals surface area contributed by atoms with Crippen molar-refractivity contribution in [1.82, 2.24) is 0 Å². The Hall–Kier alpha value is -1.07. The van der Waals surface area contributed by atoms with Gasteiger partial charge in [-0.05, 0) is 74.2 Å². The number of ketones is 1. The van der Waals surface area contributed by atoms with E-state index in [1.807, 2.05) is 6.08 Å². The molecule has 3 fully saturated rings. The molecule has 0 aromatic carbocycles. The number of fused-ring (bicyclic) bond motifs is 5. The minimum absolute atomic E-state index is 0.0592. The Labute approximate surface area is 152 Å². The molecule has 4 aliphatic rings. The summed E-state index contributed by atoms with van der Waals surface area (Å²) in [5.74, 6) is 10.00. The Morgan fingerprint density at radius 3 is 2.84 bits per heavy atom. The molecule has 7 atom stereocenters. The van der Waals surface area contributed by atoms with Crippen molar-refractivity contribution in [1.29, 1.82) is 0 Å². The molecule has 4 aliphatic carbocycles. The molecule has 0 amide bonds. The predicted octanol–water partition coefficient (Wildman–Crippen LogP) is 4.52. The van der Waals surface area contributed by atoms with E-state index in [2.05, 4.69) is 32.6 Å². The average Bonchev–Trinajstić information content (AvgIpc) is 2.84. The summed E-state index contributed by atoms with van der Waals surface area (Å²) in [7, 11) is 0. The molecule has 2 nitrogen and oxygen atoms in total. The molecule has 3 saturated carbocycles. The fraction of sp³-hybridized carbons (Fsp3) is 0.783. The van der Waals surface area contributed by atoms with Gasteiger partial charge in [-0.1, -0.05) is 32.3 Å². The van der Waals surface area contributed by atoms with E-state index in [4.69, 9.17) is 0 Å². The van der Waals surface area contributed by atoms with Crippen LogP contribution in [-0.4, -0.2) is 16.5 Å². The molecule has 0 heterocycles. The molecule has 4 rings (SSSR count). The molecule has 0 spiro atoms. The molecule has 25 heavy (non-hydrogen) atoms. The van der Waals surface area contributed by atoms with Crippen LogP contribution in [-0.2, 0) is 4.79 Å². The number of hydrogen-bond acceptors (Lipinski definition) is 2. The van der Waals surface area contributed by atoms with Gasteiger partial charge in [0.1, 0.15) is 5.60 Å². The Kier molecular flexibility index (Phi) is 4.15. The highest BCUT2D eigenvalue weighted by Crippen LogP contribution is 2.65. The van der Waals surface area contributed by atoms with Crippen LogP contribution >= 0.6 is 0 Å². The molecule has 0 bridgehead atoms. The largest absolute Gasteiger partial charge is 0.377 e. The van der Waals surface area contributed by atoms with Gasteiger partial charge >= 0.3 is 0 Å². The van der Waals surface area contributed by atoms with Crippen molar-refractivity contribution in [3.63, 3.8) is 0 Å². The Balaban J connectivity index is 1.67. The topological polar surface area (TPSA) is 37.3 Å². The molecule has 0 aliphatic heterocycles. The first-order chi connectivity index (χ1) is 11.9. The van der Waals surface area contributed by atoms with Crippen molar-refractivity contribution in [2.24, 2.45) is 35.0 Å². The highest BCUT2D eigenvalue weighted by atomic mass is 16.3. The van der Waals surface area contributed by atoms with E-state index in [0.717, 1.165) is 44.9 Å². The molecule has 2 heteroatoms. The number of carbonyl (C=O) groups excluding carboxylic acids is 1. The third kappa shape index (κ3) is 2.46. The number of carbonyl (C=O) groups is 1. The number of aliphatic hydroxyl groups is 1. The van der Waals surface area contributed by atoms with E-state index in [9.17, 15) is 9.90 Å². The standard InChI is InChI=1S/C23H32O2/c1-4-5-10-23(25)12-9-20-21-15(2)13-16-14-17(24)6-7-18(16)19(21)8-11-22(20,23)3/h14-15,18-21,25H,4,6-9,11-13H2,1-3H3/t15-,18?,19?,20?,21?,22?,23?/m1/s1. The molecule has 0 aromatic rings. The number of hydrogen-bond donors (Lipinski definition) is 1. The van der Waals surface area contributed by atoms with Gasteiger partial charge in [0.25, 0.3) is 0 Å². The summed E-state index contributed by atoms with van der Waals surface area (Å²) in [6, 6.07) is 0. The summed E-state index contributed by atoms with van der Waals surface area (Å²) < 4.78 is 0. The van der Waals surface area contributed by atoms with Gasteiger partial charge in [0.15, 0.2) is 5.78 Å². The van der Waals surface area contributed by atoms with Gasteiger partial charge in [-0.15, -0.1) is 5.92 Å². The average molecular weight is 341 g/mol. The monoisotopic (exact) mass is 340 g/mol. The normalized spacial score (nSPS) is 48.6. The van der Waals surface area contributed by atoms with E-state index in [1.165, 1.54) is 12.0 Å². The van der Waals surface area contributed by atoms with E-state index in [1.54, 1.807) is 0 Å². The van der Waals surface area contributed by atoms with Crippen molar-refractivity contribution in [2.45, 2.75) is 77.7 Å². The van der Waals surface area contributed by atoms with Gasteiger partial charge in [-0.2, -0.15) is 0 Å². The van der Waals surface area contributed by atoms with Crippen molar-refractivity contribution in [2.75, 3.05) is 0 Å². The molecule has 1 N–H and O–H groups in total. The second-order valence-corrected chi connectivity index (χ2v) is 9.37. The maximum Gasteiger partial charge on any atom is 0.155 e. The van der Waals surface area contributed by atoms with Crippen LogP contribution in [0.4, 0.5) is 0 Å². The van der Waals surface area contributed by atoms with Crippen LogP contribution < -0.4 is 0 Å². The van der Waals surface area contributed by atoms with Crippen LogP contribution in [0.3, 0.4) is 0 Å². The van der Waals surface area contributed by atoms with Crippen LogP contribution in [0, 0.1) is 46.8 Å². The van der Waals surface area contributed by atoms with Crippen molar-refractivity contribution in [3.8, 4) is 11.8 Å². The fourth-order valence-electron chi connectivity index (χ4n) is 7.05. The molecule has 136 valence electrons.